The van der Waals surface area contributed by atoms with Gasteiger partial charge in [0.1, 0.15) is 5.82 Å². The molecule has 27 heavy (non-hydrogen) atoms. The number of aromatic nitrogens is 1. The normalized spacial score (nSPS) is 11.9. The Balaban J connectivity index is 1.60. The van der Waals surface area contributed by atoms with E-state index in [0.29, 0.717) is 0 Å². The van der Waals surface area contributed by atoms with Crippen molar-refractivity contribution in [2.75, 3.05) is 24.3 Å². The lowest BCUT2D eigenvalue weighted by molar-refractivity contribution is -0.115. The number of amides is 1. The molecule has 0 spiro atoms. The Morgan fingerprint density at radius 2 is 1.81 bits per heavy atom. The van der Waals surface area contributed by atoms with Crippen LogP contribution in [-0.4, -0.2) is 30.2 Å². The second-order valence-corrected chi connectivity index (χ2v) is 8.64. The van der Waals surface area contributed by atoms with E-state index in [1.165, 1.54) is 35.2 Å². The predicted octanol–water partition coefficient (Wildman–Crippen LogP) is 5.13. The summed E-state index contributed by atoms with van der Waals surface area (Å²) >= 11 is 2.89. The fourth-order valence-electron chi connectivity index (χ4n) is 2.36. The highest BCUT2D eigenvalue weighted by Gasteiger charge is 2.17. The number of thioether (sulfide) groups is 1. The van der Waals surface area contributed by atoms with Gasteiger partial charge in [-0.15, -0.1) is 11.3 Å². The molecular weight excluding hydrogens is 381 g/mol. The van der Waals surface area contributed by atoms with Crippen molar-refractivity contribution in [3.8, 4) is 11.3 Å². The fourth-order valence-corrected chi connectivity index (χ4v) is 4.33. The van der Waals surface area contributed by atoms with Crippen molar-refractivity contribution < 1.29 is 9.18 Å². The Kier molecular flexibility index (Phi) is 6.13. The quantitative estimate of drug-likeness (QED) is 0.581. The summed E-state index contributed by atoms with van der Waals surface area (Å²) in [6, 6.07) is 13.9. The molecule has 4 nitrogen and oxygen atoms in total. The van der Waals surface area contributed by atoms with Gasteiger partial charge in [-0.2, -0.15) is 0 Å². The van der Waals surface area contributed by atoms with Crippen molar-refractivity contribution in [2.45, 2.75) is 16.5 Å². The highest BCUT2D eigenvalue weighted by molar-refractivity contribution is 8.02. The van der Waals surface area contributed by atoms with Gasteiger partial charge in [0.2, 0.25) is 5.91 Å². The molecule has 0 radical (unpaired) electrons. The Bertz CT molecular complexity index is 908. The van der Waals surface area contributed by atoms with Gasteiger partial charge in [-0.25, -0.2) is 9.37 Å². The Morgan fingerprint density at radius 1 is 1.15 bits per heavy atom. The summed E-state index contributed by atoms with van der Waals surface area (Å²) in [5.74, 6) is -0.344. The number of halogens is 1. The van der Waals surface area contributed by atoms with Gasteiger partial charge in [0.15, 0.2) is 4.34 Å². The summed E-state index contributed by atoms with van der Waals surface area (Å²) < 4.78 is 13.8. The van der Waals surface area contributed by atoms with Crippen LogP contribution in [0.25, 0.3) is 11.3 Å². The molecule has 0 aliphatic heterocycles. The zero-order valence-corrected chi connectivity index (χ0v) is 16.9. The first-order chi connectivity index (χ1) is 12.9. The first-order valence-electron chi connectivity index (χ1n) is 8.39. The second-order valence-electron chi connectivity index (χ2n) is 6.20. The van der Waals surface area contributed by atoms with Gasteiger partial charge in [-0.05, 0) is 55.5 Å². The number of nitrogens with zero attached hydrogens (tertiary/aromatic N) is 2. The maximum Gasteiger partial charge on any atom is 0.237 e. The van der Waals surface area contributed by atoms with E-state index in [0.717, 1.165) is 27.0 Å². The molecule has 0 fully saturated rings. The van der Waals surface area contributed by atoms with Crippen LogP contribution in [-0.2, 0) is 4.79 Å². The fraction of sp³-hybridized carbons (Fsp3) is 0.200. The van der Waals surface area contributed by atoms with E-state index in [1.807, 2.05) is 55.6 Å². The highest BCUT2D eigenvalue weighted by Crippen LogP contribution is 2.31. The molecule has 0 unspecified atom stereocenters. The van der Waals surface area contributed by atoms with E-state index < -0.39 is 0 Å². The Hall–Kier alpha value is -2.38. The average molecular weight is 402 g/mol. The number of carbonyl (C=O) groups is 1. The summed E-state index contributed by atoms with van der Waals surface area (Å²) in [5.41, 5.74) is 3.49. The van der Waals surface area contributed by atoms with E-state index in [2.05, 4.69) is 10.3 Å². The van der Waals surface area contributed by atoms with Crippen LogP contribution in [0.5, 0.6) is 0 Å². The van der Waals surface area contributed by atoms with Gasteiger partial charge in [-0.3, -0.25) is 4.79 Å². The van der Waals surface area contributed by atoms with Crippen molar-refractivity contribution in [2.24, 2.45) is 0 Å². The van der Waals surface area contributed by atoms with Gasteiger partial charge in [0.25, 0.3) is 0 Å². The molecule has 0 saturated carbocycles. The molecule has 1 N–H and O–H groups in total. The van der Waals surface area contributed by atoms with E-state index in [4.69, 9.17) is 0 Å². The number of nitrogens with one attached hydrogen (secondary N) is 1. The van der Waals surface area contributed by atoms with E-state index >= 15 is 0 Å². The van der Waals surface area contributed by atoms with Crippen LogP contribution in [0.1, 0.15) is 6.92 Å². The van der Waals surface area contributed by atoms with Crippen molar-refractivity contribution in [3.05, 3.63) is 59.7 Å². The lowest BCUT2D eigenvalue weighted by atomic mass is 10.2. The molecule has 140 valence electrons. The number of benzene rings is 2. The molecule has 0 aliphatic carbocycles. The van der Waals surface area contributed by atoms with E-state index in [1.54, 1.807) is 12.1 Å². The van der Waals surface area contributed by atoms with Crippen LogP contribution < -0.4 is 10.2 Å². The molecule has 3 aromatic rings. The largest absolute Gasteiger partial charge is 0.378 e. The molecule has 0 aliphatic rings. The van der Waals surface area contributed by atoms with Gasteiger partial charge < -0.3 is 10.2 Å². The lowest BCUT2D eigenvalue weighted by Gasteiger charge is -2.14. The van der Waals surface area contributed by atoms with Gasteiger partial charge in [-0.1, -0.05) is 11.8 Å². The van der Waals surface area contributed by atoms with Gasteiger partial charge in [0, 0.05) is 36.4 Å². The molecular formula is C20H20FN3OS2. The molecule has 1 atom stereocenters. The average Bonchev–Trinajstić information content (AvgIpc) is 3.11. The first kappa shape index (κ1) is 19.4. The van der Waals surface area contributed by atoms with Gasteiger partial charge >= 0.3 is 0 Å². The van der Waals surface area contributed by atoms with E-state index in [-0.39, 0.29) is 17.0 Å². The molecule has 1 aromatic heterocycles. The van der Waals surface area contributed by atoms with Crippen LogP contribution >= 0.6 is 23.1 Å². The summed E-state index contributed by atoms with van der Waals surface area (Å²) in [4.78, 5) is 19.0. The van der Waals surface area contributed by atoms with Crippen molar-refractivity contribution in [3.63, 3.8) is 0 Å². The number of hydrogen-bond acceptors (Lipinski definition) is 5. The maximum absolute atomic E-state index is 13.0. The molecule has 1 amide bonds. The predicted molar refractivity (Wildman–Crippen MR) is 112 cm³/mol. The topological polar surface area (TPSA) is 45.2 Å². The Morgan fingerprint density at radius 3 is 2.44 bits per heavy atom. The number of hydrogen-bond donors (Lipinski definition) is 1. The van der Waals surface area contributed by atoms with Crippen LogP contribution in [0.3, 0.4) is 0 Å². The summed E-state index contributed by atoms with van der Waals surface area (Å²) in [6.45, 7) is 1.85. The third kappa shape index (κ3) is 5.08. The van der Waals surface area contributed by atoms with Crippen LogP contribution in [0.2, 0.25) is 0 Å². The number of anilines is 2. The summed E-state index contributed by atoms with van der Waals surface area (Å²) in [5, 5.41) is 4.56. The zero-order valence-electron chi connectivity index (χ0n) is 15.3. The minimum absolute atomic E-state index is 0.0730. The van der Waals surface area contributed by atoms with Crippen molar-refractivity contribution in [1.29, 1.82) is 0 Å². The van der Waals surface area contributed by atoms with Crippen LogP contribution in [0.4, 0.5) is 15.8 Å². The van der Waals surface area contributed by atoms with Crippen molar-refractivity contribution >= 4 is 40.4 Å². The minimum Gasteiger partial charge on any atom is -0.378 e. The lowest BCUT2D eigenvalue weighted by Crippen LogP contribution is -2.22. The molecule has 3 rings (SSSR count). The molecule has 2 aromatic carbocycles. The maximum atomic E-state index is 13.0. The van der Waals surface area contributed by atoms with Crippen LogP contribution in [0.15, 0.2) is 58.3 Å². The van der Waals surface area contributed by atoms with E-state index in [9.17, 15) is 9.18 Å². The van der Waals surface area contributed by atoms with Crippen molar-refractivity contribution in [1.82, 2.24) is 4.98 Å². The van der Waals surface area contributed by atoms with Crippen LogP contribution in [0, 0.1) is 5.82 Å². The number of carbonyl (C=O) groups excluding carboxylic acids is 1. The minimum atomic E-state index is -0.286. The molecule has 7 heteroatoms. The second kappa shape index (κ2) is 8.54. The number of thiazole rings is 1. The monoisotopic (exact) mass is 401 g/mol. The smallest absolute Gasteiger partial charge is 0.237 e. The Labute approximate surface area is 166 Å². The number of rotatable bonds is 6. The third-order valence-corrected chi connectivity index (χ3v) is 5.99. The molecule has 0 saturated heterocycles. The molecule has 0 bridgehead atoms. The van der Waals surface area contributed by atoms with Gasteiger partial charge in [0.05, 0.1) is 10.9 Å². The highest BCUT2D eigenvalue weighted by atomic mass is 32.2. The summed E-state index contributed by atoms with van der Waals surface area (Å²) in [6.07, 6.45) is 0. The SMILES string of the molecule is C[C@H](Sc1nc(-c2ccc(F)cc2)cs1)C(=O)Nc1ccc(N(C)C)cc1. The first-order valence-corrected chi connectivity index (χ1v) is 10.1. The third-order valence-electron chi connectivity index (χ3n) is 3.92. The summed E-state index contributed by atoms with van der Waals surface area (Å²) in [7, 11) is 3.95. The zero-order chi connectivity index (χ0) is 19.4. The molecule has 1 heterocycles. The standard InChI is InChI=1S/C20H20FN3OS2/c1-13(19(25)22-16-8-10-17(11-9-16)24(2)3)27-20-23-18(12-26-20)14-4-6-15(21)7-5-14/h4-13H,1-3H3,(H,22,25)/t13-/m0/s1.